The van der Waals surface area contributed by atoms with E-state index in [2.05, 4.69) is 14.1 Å². The molecular formula is C22H23N5O7S2. The van der Waals surface area contributed by atoms with Crippen molar-refractivity contribution < 1.29 is 27.7 Å². The second-order valence-electron chi connectivity index (χ2n) is 8.38. The van der Waals surface area contributed by atoms with Gasteiger partial charge in [0.25, 0.3) is 11.6 Å². The molecule has 2 aromatic carbocycles. The number of aryl methyl sites for hydroxylation is 2. The molecule has 1 aromatic heterocycles. The number of sulfonamides is 1. The molecule has 0 bridgehead atoms. The molecular weight excluding hydrogens is 510 g/mol. The maximum absolute atomic E-state index is 13.5. The van der Waals surface area contributed by atoms with E-state index in [1.807, 2.05) is 0 Å². The zero-order chi connectivity index (χ0) is 26.0. The number of benzene rings is 2. The van der Waals surface area contributed by atoms with Crippen molar-refractivity contribution in [1.29, 1.82) is 0 Å². The average molecular weight is 534 g/mol. The van der Waals surface area contributed by atoms with Crippen molar-refractivity contribution in [2.45, 2.75) is 44.0 Å². The summed E-state index contributed by atoms with van der Waals surface area (Å²) in [5, 5.41) is 13.7. The fraction of sp³-hybridized carbons (Fsp3) is 0.364. The van der Waals surface area contributed by atoms with E-state index in [1.165, 1.54) is 18.2 Å². The first-order valence-corrected chi connectivity index (χ1v) is 13.2. The lowest BCUT2D eigenvalue weighted by atomic mass is 10.1. The monoisotopic (exact) mass is 533 g/mol. The van der Waals surface area contributed by atoms with Gasteiger partial charge in [-0.1, -0.05) is 6.07 Å². The summed E-state index contributed by atoms with van der Waals surface area (Å²) >= 11 is 0.892. The SMILES string of the molecule is Cc1cc(NC(=O)COC(=O)C2CCCCN2S(=O)(=O)c2cccc3nsnc23)c([N+](=O)[O-])cc1C. The van der Waals surface area contributed by atoms with E-state index in [-0.39, 0.29) is 34.8 Å². The van der Waals surface area contributed by atoms with Crippen LogP contribution in [-0.2, 0) is 24.3 Å². The summed E-state index contributed by atoms with van der Waals surface area (Å²) in [4.78, 5) is 36.0. The molecule has 1 unspecified atom stereocenters. The van der Waals surface area contributed by atoms with E-state index in [1.54, 1.807) is 26.0 Å². The fourth-order valence-corrected chi connectivity index (χ4v) is 6.42. The van der Waals surface area contributed by atoms with Crippen LogP contribution in [0.5, 0.6) is 0 Å². The first kappa shape index (κ1) is 25.6. The Bertz CT molecular complexity index is 1450. The number of nitro benzene ring substituents is 1. The van der Waals surface area contributed by atoms with Gasteiger partial charge in [-0.15, -0.1) is 0 Å². The molecule has 1 aliphatic rings. The predicted molar refractivity (Wildman–Crippen MR) is 131 cm³/mol. The van der Waals surface area contributed by atoms with Crippen LogP contribution in [-0.4, -0.2) is 57.5 Å². The lowest BCUT2D eigenvalue weighted by molar-refractivity contribution is -0.384. The highest BCUT2D eigenvalue weighted by Crippen LogP contribution is 2.30. The molecule has 190 valence electrons. The number of carbonyl (C=O) groups excluding carboxylic acids is 2. The quantitative estimate of drug-likeness (QED) is 0.273. The zero-order valence-corrected chi connectivity index (χ0v) is 21.1. The highest BCUT2D eigenvalue weighted by molar-refractivity contribution is 7.89. The minimum Gasteiger partial charge on any atom is -0.454 e. The normalized spacial score (nSPS) is 16.6. The summed E-state index contributed by atoms with van der Waals surface area (Å²) < 4.78 is 41.3. The molecule has 0 spiro atoms. The van der Waals surface area contributed by atoms with Crippen molar-refractivity contribution in [2.75, 3.05) is 18.5 Å². The smallest absolute Gasteiger partial charge is 0.324 e. The summed E-state index contributed by atoms with van der Waals surface area (Å²) in [6.45, 7) is 2.84. The second-order valence-corrected chi connectivity index (χ2v) is 10.8. The Morgan fingerprint density at radius 1 is 1.22 bits per heavy atom. The van der Waals surface area contributed by atoms with Gasteiger partial charge in [0.2, 0.25) is 10.0 Å². The average Bonchev–Trinajstić information content (AvgIpc) is 3.33. The summed E-state index contributed by atoms with van der Waals surface area (Å²) in [5.41, 5.74) is 1.79. The number of amides is 1. The van der Waals surface area contributed by atoms with Crippen LogP contribution in [0.2, 0.25) is 0 Å². The Hall–Kier alpha value is -3.49. The highest BCUT2D eigenvalue weighted by Gasteiger charge is 2.40. The van der Waals surface area contributed by atoms with Gasteiger partial charge in [-0.05, 0) is 62.4 Å². The molecule has 36 heavy (non-hydrogen) atoms. The van der Waals surface area contributed by atoms with Gasteiger partial charge in [-0.25, -0.2) is 8.42 Å². The van der Waals surface area contributed by atoms with E-state index >= 15 is 0 Å². The minimum atomic E-state index is -4.10. The zero-order valence-electron chi connectivity index (χ0n) is 19.5. The van der Waals surface area contributed by atoms with Gasteiger partial charge in [0.15, 0.2) is 6.61 Å². The summed E-state index contributed by atoms with van der Waals surface area (Å²) in [7, 11) is -4.10. The van der Waals surface area contributed by atoms with Crippen LogP contribution < -0.4 is 5.32 Å². The lowest BCUT2D eigenvalue weighted by Gasteiger charge is -2.32. The molecule has 4 rings (SSSR count). The van der Waals surface area contributed by atoms with Crippen LogP contribution in [0.3, 0.4) is 0 Å². The van der Waals surface area contributed by atoms with E-state index in [4.69, 9.17) is 4.74 Å². The van der Waals surface area contributed by atoms with E-state index in [0.29, 0.717) is 23.9 Å². The lowest BCUT2D eigenvalue weighted by Crippen LogP contribution is -2.49. The molecule has 14 heteroatoms. The molecule has 1 saturated heterocycles. The van der Waals surface area contributed by atoms with Gasteiger partial charge in [0.1, 0.15) is 27.7 Å². The maximum Gasteiger partial charge on any atom is 0.324 e. The van der Waals surface area contributed by atoms with Crippen molar-refractivity contribution in [3.8, 4) is 0 Å². The molecule has 1 fully saturated rings. The number of rotatable bonds is 7. The summed E-state index contributed by atoms with van der Waals surface area (Å²) in [5.74, 6) is -1.65. The Morgan fingerprint density at radius 2 is 1.97 bits per heavy atom. The largest absolute Gasteiger partial charge is 0.454 e. The summed E-state index contributed by atoms with van der Waals surface area (Å²) in [6.07, 6.45) is 1.40. The van der Waals surface area contributed by atoms with Gasteiger partial charge in [-0.2, -0.15) is 13.1 Å². The van der Waals surface area contributed by atoms with E-state index < -0.39 is 39.5 Å². The standard InChI is InChI=1S/C22H23N5O7S2/c1-13-10-16(18(27(30)31)11-14(13)2)23-20(28)12-34-22(29)17-7-3-4-9-26(17)36(32,33)19-8-5-6-15-21(19)25-35-24-15/h5-6,8,10-11,17H,3-4,7,9,12H2,1-2H3,(H,23,28). The van der Waals surface area contributed by atoms with Crippen molar-refractivity contribution in [1.82, 2.24) is 13.1 Å². The van der Waals surface area contributed by atoms with Crippen LogP contribution in [0.25, 0.3) is 11.0 Å². The second kappa shape index (κ2) is 10.2. The molecule has 1 N–H and O–H groups in total. The molecule has 2 heterocycles. The fourth-order valence-electron chi connectivity index (χ4n) is 4.02. The number of ether oxygens (including phenoxy) is 1. The molecule has 0 aliphatic carbocycles. The third-order valence-electron chi connectivity index (χ3n) is 5.99. The van der Waals surface area contributed by atoms with Crippen LogP contribution in [0.1, 0.15) is 30.4 Å². The number of anilines is 1. The van der Waals surface area contributed by atoms with E-state index in [9.17, 15) is 28.1 Å². The number of hydrogen-bond donors (Lipinski definition) is 1. The number of nitro groups is 1. The van der Waals surface area contributed by atoms with Crippen molar-refractivity contribution >= 4 is 56.0 Å². The molecule has 1 amide bonds. The third kappa shape index (κ3) is 5.05. The van der Waals surface area contributed by atoms with Crippen LogP contribution in [0.4, 0.5) is 11.4 Å². The molecule has 1 aliphatic heterocycles. The number of aromatic nitrogens is 2. The minimum absolute atomic E-state index is 0.0176. The van der Waals surface area contributed by atoms with Gasteiger partial charge in [-0.3, -0.25) is 19.7 Å². The molecule has 1 atom stereocenters. The molecule has 12 nitrogen and oxygen atoms in total. The number of fused-ring (bicyclic) bond motifs is 1. The number of hydrogen-bond acceptors (Lipinski definition) is 10. The van der Waals surface area contributed by atoms with Crippen molar-refractivity contribution in [3.05, 3.63) is 51.6 Å². The Balaban J connectivity index is 1.48. The molecule has 0 saturated carbocycles. The topological polar surface area (TPSA) is 162 Å². The first-order chi connectivity index (χ1) is 17.1. The number of piperidine rings is 1. The van der Waals surface area contributed by atoms with Crippen LogP contribution in [0, 0.1) is 24.0 Å². The Labute approximate surface area is 210 Å². The van der Waals surface area contributed by atoms with Crippen LogP contribution in [0.15, 0.2) is 35.2 Å². The van der Waals surface area contributed by atoms with Gasteiger partial charge < -0.3 is 10.1 Å². The maximum atomic E-state index is 13.5. The van der Waals surface area contributed by atoms with Crippen LogP contribution >= 0.6 is 11.7 Å². The first-order valence-electron chi connectivity index (χ1n) is 11.0. The number of nitrogens with zero attached hydrogens (tertiary/aromatic N) is 4. The Morgan fingerprint density at radius 3 is 2.72 bits per heavy atom. The third-order valence-corrected chi connectivity index (χ3v) is 8.47. The van der Waals surface area contributed by atoms with Gasteiger partial charge in [0, 0.05) is 12.6 Å². The number of nitrogens with one attached hydrogen (secondary N) is 1. The summed E-state index contributed by atoms with van der Waals surface area (Å²) in [6, 6.07) is 6.33. The van der Waals surface area contributed by atoms with Crippen molar-refractivity contribution in [2.24, 2.45) is 0 Å². The highest BCUT2D eigenvalue weighted by atomic mass is 32.2. The predicted octanol–water partition coefficient (Wildman–Crippen LogP) is 2.94. The van der Waals surface area contributed by atoms with Gasteiger partial charge >= 0.3 is 5.97 Å². The number of esters is 1. The van der Waals surface area contributed by atoms with E-state index in [0.717, 1.165) is 21.6 Å². The number of carbonyl (C=O) groups is 2. The molecule has 3 aromatic rings. The Kier molecular flexibility index (Phi) is 7.28. The van der Waals surface area contributed by atoms with Crippen molar-refractivity contribution in [3.63, 3.8) is 0 Å². The van der Waals surface area contributed by atoms with Gasteiger partial charge in [0.05, 0.1) is 16.7 Å². The molecule has 0 radical (unpaired) electrons.